The van der Waals surface area contributed by atoms with Crippen LogP contribution in [-0.2, 0) is 0 Å². The maximum atomic E-state index is 5.60. The molecule has 0 fully saturated rings. The van der Waals surface area contributed by atoms with Gasteiger partial charge >= 0.3 is 0 Å². The number of aromatic nitrogens is 2. The third kappa shape index (κ3) is 1.19. The van der Waals surface area contributed by atoms with Gasteiger partial charge in [0.05, 0.1) is 5.52 Å². The number of hydrazone groups is 1. The van der Waals surface area contributed by atoms with Crippen LogP contribution in [0.4, 0.5) is 0 Å². The van der Waals surface area contributed by atoms with Crippen LogP contribution in [0, 0.1) is 6.92 Å². The molecule has 0 aliphatic rings. The van der Waals surface area contributed by atoms with Crippen molar-refractivity contribution in [1.29, 1.82) is 0 Å². The van der Waals surface area contributed by atoms with Gasteiger partial charge in [-0.05, 0) is 25.1 Å². The number of H-pyrrole nitrogens is 1. The number of nitrogens with zero attached hydrogens (tertiary/aromatic N) is 2. The minimum absolute atomic E-state index is 0.326. The van der Waals surface area contributed by atoms with Crippen molar-refractivity contribution >= 4 is 16.7 Å². The Bertz CT molecular complexity index is 497. The molecule has 0 bridgehead atoms. The van der Waals surface area contributed by atoms with Crippen LogP contribution < -0.4 is 11.6 Å². The van der Waals surface area contributed by atoms with E-state index in [1.807, 2.05) is 25.1 Å². The molecule has 0 amide bonds. The number of amidine groups is 1. The largest absolute Gasteiger partial charge is 0.382 e. The van der Waals surface area contributed by atoms with Crippen LogP contribution in [0.3, 0.4) is 0 Å². The molecule has 14 heavy (non-hydrogen) atoms. The van der Waals surface area contributed by atoms with Crippen LogP contribution in [0.25, 0.3) is 10.9 Å². The van der Waals surface area contributed by atoms with Crippen LogP contribution in [0.2, 0.25) is 0 Å². The molecule has 0 aliphatic heterocycles. The highest BCUT2D eigenvalue weighted by atomic mass is 15.2. The molecule has 0 radical (unpaired) electrons. The molecule has 1 heterocycles. The summed E-state index contributed by atoms with van der Waals surface area (Å²) in [6, 6.07) is 5.64. The van der Waals surface area contributed by atoms with Gasteiger partial charge in [0.2, 0.25) is 0 Å². The Hall–Kier alpha value is -2.04. The molecule has 0 spiro atoms. The number of nitrogens with one attached hydrogen (secondary N) is 1. The van der Waals surface area contributed by atoms with E-state index in [1.54, 1.807) is 0 Å². The fraction of sp³-hybridized carbons (Fsp3) is 0.111. The first-order chi connectivity index (χ1) is 6.72. The summed E-state index contributed by atoms with van der Waals surface area (Å²) in [5, 5.41) is 11.5. The Labute approximate surface area is 80.8 Å². The van der Waals surface area contributed by atoms with Crippen LogP contribution >= 0.6 is 0 Å². The summed E-state index contributed by atoms with van der Waals surface area (Å²) >= 11 is 0. The zero-order chi connectivity index (χ0) is 10.1. The molecular formula is C9H11N5. The van der Waals surface area contributed by atoms with Crippen LogP contribution in [0.5, 0.6) is 0 Å². The van der Waals surface area contributed by atoms with Gasteiger partial charge in [-0.25, -0.2) is 0 Å². The molecular weight excluding hydrogens is 178 g/mol. The predicted molar refractivity (Wildman–Crippen MR) is 55.7 cm³/mol. The Morgan fingerprint density at radius 3 is 3.00 bits per heavy atom. The predicted octanol–water partition coefficient (Wildman–Crippen LogP) is 0.450. The number of rotatable bonds is 1. The van der Waals surface area contributed by atoms with Crippen molar-refractivity contribution in [3.05, 3.63) is 29.5 Å². The van der Waals surface area contributed by atoms with Crippen LogP contribution in [0.15, 0.2) is 23.3 Å². The van der Waals surface area contributed by atoms with Gasteiger partial charge < -0.3 is 11.6 Å². The quantitative estimate of drug-likeness (QED) is 0.263. The number of fused-ring (bicyclic) bond motifs is 1. The van der Waals surface area contributed by atoms with Crippen molar-refractivity contribution in [2.45, 2.75) is 6.92 Å². The zero-order valence-corrected chi connectivity index (χ0v) is 7.78. The second kappa shape index (κ2) is 3.02. The summed E-state index contributed by atoms with van der Waals surface area (Å²) in [5.41, 5.74) is 8.33. The standard InChI is InChI=1S/C9H11N5/c1-5-7-4-6(9(10)12-11)2-3-8(7)14-13-5/h2-4H,11H2,1H3,(H2,10,12)(H,13,14). The number of nitrogens with two attached hydrogens (primary N) is 2. The SMILES string of the molecule is Cc1[nH]nc2ccc(/C(N)=N\N)cc12. The second-order valence-electron chi connectivity index (χ2n) is 3.09. The molecule has 1 aromatic heterocycles. The second-order valence-corrected chi connectivity index (χ2v) is 3.09. The van der Waals surface area contributed by atoms with Gasteiger partial charge in [0.25, 0.3) is 0 Å². The molecule has 5 N–H and O–H groups in total. The van der Waals surface area contributed by atoms with Gasteiger partial charge in [0.1, 0.15) is 5.84 Å². The lowest BCUT2D eigenvalue weighted by Crippen LogP contribution is -2.15. The summed E-state index contributed by atoms with van der Waals surface area (Å²) in [6.07, 6.45) is 0. The summed E-state index contributed by atoms with van der Waals surface area (Å²) in [7, 11) is 0. The molecule has 5 nitrogen and oxygen atoms in total. The molecule has 0 atom stereocenters. The molecule has 0 saturated heterocycles. The first-order valence-electron chi connectivity index (χ1n) is 4.21. The van der Waals surface area contributed by atoms with Gasteiger partial charge in [0, 0.05) is 16.6 Å². The van der Waals surface area contributed by atoms with Crippen LogP contribution in [0.1, 0.15) is 11.3 Å². The molecule has 72 valence electrons. The van der Waals surface area contributed by atoms with E-state index in [1.165, 1.54) is 0 Å². The molecule has 1 aromatic carbocycles. The number of hydrogen-bond acceptors (Lipinski definition) is 3. The monoisotopic (exact) mass is 189 g/mol. The highest BCUT2D eigenvalue weighted by Gasteiger charge is 2.04. The molecule has 0 saturated carbocycles. The molecule has 5 heteroatoms. The lowest BCUT2D eigenvalue weighted by molar-refractivity contribution is 1.07. The number of benzene rings is 1. The van der Waals surface area contributed by atoms with E-state index in [9.17, 15) is 0 Å². The maximum Gasteiger partial charge on any atom is 0.150 e. The lowest BCUT2D eigenvalue weighted by atomic mass is 10.1. The smallest absolute Gasteiger partial charge is 0.150 e. The Morgan fingerprint density at radius 1 is 1.50 bits per heavy atom. The average Bonchev–Trinajstić information content (AvgIpc) is 2.59. The first kappa shape index (κ1) is 8.55. The van der Waals surface area contributed by atoms with E-state index >= 15 is 0 Å². The minimum atomic E-state index is 0.326. The number of hydrogen-bond donors (Lipinski definition) is 3. The van der Waals surface area contributed by atoms with E-state index in [0.29, 0.717) is 5.84 Å². The highest BCUT2D eigenvalue weighted by Crippen LogP contribution is 2.16. The fourth-order valence-electron chi connectivity index (χ4n) is 1.37. The normalized spacial score (nSPS) is 12.2. The molecule has 2 aromatic rings. The Morgan fingerprint density at radius 2 is 2.29 bits per heavy atom. The summed E-state index contributed by atoms with van der Waals surface area (Å²) in [5.74, 6) is 5.43. The number of aryl methyl sites for hydroxylation is 1. The van der Waals surface area contributed by atoms with Crippen molar-refractivity contribution in [2.75, 3.05) is 0 Å². The Kier molecular flexibility index (Phi) is 1.85. The molecule has 0 unspecified atom stereocenters. The average molecular weight is 189 g/mol. The van der Waals surface area contributed by atoms with E-state index in [2.05, 4.69) is 15.3 Å². The maximum absolute atomic E-state index is 5.60. The van der Waals surface area contributed by atoms with Crippen molar-refractivity contribution in [2.24, 2.45) is 16.7 Å². The van der Waals surface area contributed by atoms with Crippen molar-refractivity contribution in [3.8, 4) is 0 Å². The van der Waals surface area contributed by atoms with Gasteiger partial charge in [-0.1, -0.05) is 0 Å². The minimum Gasteiger partial charge on any atom is -0.382 e. The van der Waals surface area contributed by atoms with Gasteiger partial charge in [0.15, 0.2) is 0 Å². The lowest BCUT2D eigenvalue weighted by Gasteiger charge is -1.98. The number of aromatic amines is 1. The summed E-state index contributed by atoms with van der Waals surface area (Å²) in [6.45, 7) is 1.95. The zero-order valence-electron chi connectivity index (χ0n) is 7.78. The summed E-state index contributed by atoms with van der Waals surface area (Å²) in [4.78, 5) is 0. The molecule has 0 aliphatic carbocycles. The van der Waals surface area contributed by atoms with E-state index < -0.39 is 0 Å². The van der Waals surface area contributed by atoms with E-state index in [4.69, 9.17) is 11.6 Å². The highest BCUT2D eigenvalue weighted by molar-refractivity contribution is 6.00. The topological polar surface area (TPSA) is 93.1 Å². The van der Waals surface area contributed by atoms with E-state index in [-0.39, 0.29) is 0 Å². The van der Waals surface area contributed by atoms with Gasteiger partial charge in [-0.3, -0.25) is 5.10 Å². The van der Waals surface area contributed by atoms with E-state index in [0.717, 1.165) is 22.2 Å². The van der Waals surface area contributed by atoms with Gasteiger partial charge in [-0.15, -0.1) is 0 Å². The third-order valence-electron chi connectivity index (χ3n) is 2.18. The first-order valence-corrected chi connectivity index (χ1v) is 4.21. The van der Waals surface area contributed by atoms with Crippen molar-refractivity contribution in [3.63, 3.8) is 0 Å². The summed E-state index contributed by atoms with van der Waals surface area (Å²) < 4.78 is 0. The third-order valence-corrected chi connectivity index (χ3v) is 2.18. The Balaban J connectivity index is 2.66. The fourth-order valence-corrected chi connectivity index (χ4v) is 1.37. The van der Waals surface area contributed by atoms with Gasteiger partial charge in [-0.2, -0.15) is 10.2 Å². The van der Waals surface area contributed by atoms with Crippen molar-refractivity contribution < 1.29 is 0 Å². The molecule has 2 rings (SSSR count). The van der Waals surface area contributed by atoms with Crippen LogP contribution in [-0.4, -0.2) is 16.0 Å². The van der Waals surface area contributed by atoms with Crippen molar-refractivity contribution in [1.82, 2.24) is 10.2 Å².